The predicted octanol–water partition coefficient (Wildman–Crippen LogP) is 4.46. The van der Waals surface area contributed by atoms with Crippen molar-refractivity contribution in [3.63, 3.8) is 0 Å². The van der Waals surface area contributed by atoms with Crippen LogP contribution in [-0.4, -0.2) is 36.8 Å². The van der Waals surface area contributed by atoms with E-state index >= 15 is 0 Å². The fraction of sp³-hybridized carbons (Fsp3) is 0.348. The van der Waals surface area contributed by atoms with Gasteiger partial charge in [0.2, 0.25) is 5.91 Å². The van der Waals surface area contributed by atoms with Crippen LogP contribution in [0.4, 0.5) is 0 Å². The molecule has 1 aliphatic rings. The molecule has 2 heterocycles. The SMILES string of the molecule is Cc1cc(C)c2c(CC(=O)N(Cc3ccccc3Cl)C3CCS(=O)(=O)C3)coc2c1. The first-order valence-corrected chi connectivity index (χ1v) is 12.1. The van der Waals surface area contributed by atoms with Crippen LogP contribution in [0, 0.1) is 13.8 Å². The zero-order valence-electron chi connectivity index (χ0n) is 17.0. The first-order chi connectivity index (χ1) is 14.2. The van der Waals surface area contributed by atoms with Gasteiger partial charge in [0.05, 0.1) is 24.2 Å². The van der Waals surface area contributed by atoms with E-state index in [9.17, 15) is 13.2 Å². The van der Waals surface area contributed by atoms with Crippen molar-refractivity contribution in [1.82, 2.24) is 4.90 Å². The smallest absolute Gasteiger partial charge is 0.227 e. The molecule has 4 rings (SSSR count). The van der Waals surface area contributed by atoms with Crippen molar-refractivity contribution < 1.29 is 17.6 Å². The molecule has 30 heavy (non-hydrogen) atoms. The summed E-state index contributed by atoms with van der Waals surface area (Å²) in [6.45, 7) is 4.29. The molecule has 0 N–H and O–H groups in total. The van der Waals surface area contributed by atoms with E-state index in [0.29, 0.717) is 11.4 Å². The number of benzene rings is 2. The van der Waals surface area contributed by atoms with Gasteiger partial charge in [0, 0.05) is 28.6 Å². The van der Waals surface area contributed by atoms with E-state index in [1.807, 2.05) is 38.1 Å². The minimum atomic E-state index is -3.13. The van der Waals surface area contributed by atoms with E-state index < -0.39 is 9.84 Å². The maximum absolute atomic E-state index is 13.4. The summed E-state index contributed by atoms with van der Waals surface area (Å²) in [7, 11) is -3.13. The summed E-state index contributed by atoms with van der Waals surface area (Å²) in [6.07, 6.45) is 2.23. The Morgan fingerprint density at radius 1 is 1.20 bits per heavy atom. The molecule has 5 nitrogen and oxygen atoms in total. The number of carbonyl (C=O) groups is 1. The fourth-order valence-corrected chi connectivity index (χ4v) is 6.20. The van der Waals surface area contributed by atoms with Crippen LogP contribution in [-0.2, 0) is 27.6 Å². The van der Waals surface area contributed by atoms with Gasteiger partial charge in [-0.3, -0.25) is 4.79 Å². The molecule has 1 unspecified atom stereocenters. The molecule has 1 atom stereocenters. The Morgan fingerprint density at radius 3 is 2.67 bits per heavy atom. The van der Waals surface area contributed by atoms with Gasteiger partial charge in [0.15, 0.2) is 9.84 Å². The third-order valence-corrected chi connectivity index (χ3v) is 7.82. The van der Waals surface area contributed by atoms with Gasteiger partial charge in [-0.1, -0.05) is 35.9 Å². The standard InChI is InChI=1S/C23H24ClNO4S/c1-15-9-16(2)23-18(13-29-21(23)10-15)11-22(26)25(19-7-8-30(27,28)14-19)12-17-5-3-4-6-20(17)24/h3-6,9-10,13,19H,7-8,11-12,14H2,1-2H3. The van der Waals surface area contributed by atoms with E-state index in [2.05, 4.69) is 6.07 Å². The molecule has 1 saturated heterocycles. The van der Waals surface area contributed by atoms with Crippen molar-refractivity contribution in [2.45, 2.75) is 39.3 Å². The third kappa shape index (κ3) is 4.25. The van der Waals surface area contributed by atoms with Gasteiger partial charge in [0.1, 0.15) is 5.58 Å². The monoisotopic (exact) mass is 445 g/mol. The van der Waals surface area contributed by atoms with Crippen LogP contribution in [0.1, 0.15) is 28.7 Å². The van der Waals surface area contributed by atoms with Crippen LogP contribution in [0.5, 0.6) is 0 Å². The minimum absolute atomic E-state index is 0.00640. The first kappa shape index (κ1) is 20.9. The summed E-state index contributed by atoms with van der Waals surface area (Å²) in [5, 5.41) is 1.52. The van der Waals surface area contributed by atoms with Gasteiger partial charge >= 0.3 is 0 Å². The summed E-state index contributed by atoms with van der Waals surface area (Å²) >= 11 is 6.32. The lowest BCUT2D eigenvalue weighted by molar-refractivity contribution is -0.133. The Kier molecular flexibility index (Phi) is 5.64. The van der Waals surface area contributed by atoms with Crippen LogP contribution in [0.3, 0.4) is 0 Å². The number of hydrogen-bond donors (Lipinski definition) is 0. The second kappa shape index (κ2) is 8.08. The maximum atomic E-state index is 13.4. The molecule has 0 bridgehead atoms. The second-order valence-corrected chi connectivity index (χ2v) is 10.7. The maximum Gasteiger partial charge on any atom is 0.227 e. The Labute approximate surface area is 181 Å². The predicted molar refractivity (Wildman–Crippen MR) is 118 cm³/mol. The summed E-state index contributed by atoms with van der Waals surface area (Å²) < 4.78 is 29.9. The van der Waals surface area contributed by atoms with Crippen molar-refractivity contribution in [2.75, 3.05) is 11.5 Å². The van der Waals surface area contributed by atoms with Crippen LogP contribution in [0.2, 0.25) is 5.02 Å². The molecule has 1 aromatic heterocycles. The van der Waals surface area contributed by atoms with Crippen LogP contribution < -0.4 is 0 Å². The first-order valence-electron chi connectivity index (χ1n) is 9.94. The highest BCUT2D eigenvalue weighted by Crippen LogP contribution is 2.29. The molecule has 0 aliphatic carbocycles. The molecule has 7 heteroatoms. The number of amides is 1. The lowest BCUT2D eigenvalue weighted by Crippen LogP contribution is -2.41. The highest BCUT2D eigenvalue weighted by molar-refractivity contribution is 7.91. The number of rotatable bonds is 5. The summed E-state index contributed by atoms with van der Waals surface area (Å²) in [5.74, 6) is -0.0236. The highest BCUT2D eigenvalue weighted by atomic mass is 35.5. The van der Waals surface area contributed by atoms with Crippen LogP contribution >= 0.6 is 11.6 Å². The second-order valence-electron chi connectivity index (χ2n) is 8.06. The van der Waals surface area contributed by atoms with Crippen LogP contribution in [0.25, 0.3) is 11.0 Å². The zero-order valence-corrected chi connectivity index (χ0v) is 18.6. The highest BCUT2D eigenvalue weighted by Gasteiger charge is 2.35. The molecule has 0 spiro atoms. The molecule has 1 aliphatic heterocycles. The molecular weight excluding hydrogens is 422 g/mol. The molecule has 0 radical (unpaired) electrons. The zero-order chi connectivity index (χ0) is 21.5. The normalized spacial score (nSPS) is 18.0. The van der Waals surface area contributed by atoms with Crippen molar-refractivity contribution >= 4 is 38.3 Å². The molecule has 158 valence electrons. The van der Waals surface area contributed by atoms with Gasteiger partial charge < -0.3 is 9.32 Å². The van der Waals surface area contributed by atoms with E-state index in [-0.39, 0.29) is 36.4 Å². The van der Waals surface area contributed by atoms with Crippen LogP contribution in [0.15, 0.2) is 47.1 Å². The van der Waals surface area contributed by atoms with Gasteiger partial charge in [0.25, 0.3) is 0 Å². The number of carbonyl (C=O) groups excluding carboxylic acids is 1. The van der Waals surface area contributed by atoms with Gasteiger partial charge in [-0.15, -0.1) is 0 Å². The molecular formula is C23H24ClNO4S. The number of nitrogens with zero attached hydrogens (tertiary/aromatic N) is 1. The average Bonchev–Trinajstić information content (AvgIpc) is 3.23. The number of furan rings is 1. The van der Waals surface area contributed by atoms with E-state index in [1.54, 1.807) is 17.2 Å². The number of sulfone groups is 1. The Morgan fingerprint density at radius 2 is 1.97 bits per heavy atom. The number of halogens is 1. The minimum Gasteiger partial charge on any atom is -0.464 e. The van der Waals surface area contributed by atoms with Gasteiger partial charge in [-0.05, 0) is 49.1 Å². The summed E-state index contributed by atoms with van der Waals surface area (Å²) in [5.41, 5.74) is 4.54. The number of hydrogen-bond acceptors (Lipinski definition) is 4. The molecule has 3 aromatic rings. The van der Waals surface area contributed by atoms with Crippen molar-refractivity contribution in [1.29, 1.82) is 0 Å². The molecule has 1 fully saturated rings. The molecule has 1 amide bonds. The lowest BCUT2D eigenvalue weighted by atomic mass is 10.0. The van der Waals surface area contributed by atoms with E-state index in [0.717, 1.165) is 33.2 Å². The van der Waals surface area contributed by atoms with Gasteiger partial charge in [-0.25, -0.2) is 8.42 Å². The van der Waals surface area contributed by atoms with E-state index in [1.165, 1.54) is 0 Å². The van der Waals surface area contributed by atoms with Crippen molar-refractivity contribution in [2.24, 2.45) is 0 Å². The summed E-state index contributed by atoms with van der Waals surface area (Å²) in [6, 6.07) is 11.0. The Hall–Kier alpha value is -2.31. The lowest BCUT2D eigenvalue weighted by Gasteiger charge is -2.29. The molecule has 2 aromatic carbocycles. The number of aryl methyl sites for hydroxylation is 2. The third-order valence-electron chi connectivity index (χ3n) is 5.70. The van der Waals surface area contributed by atoms with Crippen molar-refractivity contribution in [3.05, 3.63) is 69.9 Å². The Bertz CT molecular complexity index is 1220. The summed E-state index contributed by atoms with van der Waals surface area (Å²) in [4.78, 5) is 15.1. The van der Waals surface area contributed by atoms with E-state index in [4.69, 9.17) is 16.0 Å². The topological polar surface area (TPSA) is 67.6 Å². The van der Waals surface area contributed by atoms with Crippen molar-refractivity contribution in [3.8, 4) is 0 Å². The fourth-order valence-electron chi connectivity index (χ4n) is 4.27. The largest absolute Gasteiger partial charge is 0.464 e. The van der Waals surface area contributed by atoms with Gasteiger partial charge in [-0.2, -0.15) is 0 Å². The average molecular weight is 446 g/mol. The Balaban J connectivity index is 1.65. The number of fused-ring (bicyclic) bond motifs is 1. The molecule has 0 saturated carbocycles. The quantitative estimate of drug-likeness (QED) is 0.581.